The van der Waals surface area contributed by atoms with Crippen molar-refractivity contribution < 1.29 is 0 Å². The molecule has 0 amide bonds. The lowest BCUT2D eigenvalue weighted by Crippen LogP contribution is -2.29. The highest BCUT2D eigenvalue weighted by Gasteiger charge is 2.32. The summed E-state index contributed by atoms with van der Waals surface area (Å²) < 4.78 is 1.77. The van der Waals surface area contributed by atoms with Crippen LogP contribution in [0.2, 0.25) is 4.34 Å². The maximum Gasteiger partial charge on any atom is 0.107 e. The molecule has 1 heterocycles. The van der Waals surface area contributed by atoms with Crippen LogP contribution in [-0.4, -0.2) is 13.1 Å². The Morgan fingerprint density at radius 3 is 2.88 bits per heavy atom. The van der Waals surface area contributed by atoms with E-state index in [2.05, 4.69) is 34.2 Å². The Balaban J connectivity index is 1.93. The Morgan fingerprint density at radius 1 is 1.75 bits per heavy atom. The summed E-state index contributed by atoms with van der Waals surface area (Å²) in [5.41, 5.74) is 5.79. The monoisotopic (exact) mass is 322 g/mol. The van der Waals surface area contributed by atoms with Gasteiger partial charge in [-0.3, -0.25) is 0 Å². The van der Waals surface area contributed by atoms with Gasteiger partial charge < -0.3 is 11.1 Å². The molecule has 1 aromatic heterocycles. The number of halogens is 2. The van der Waals surface area contributed by atoms with Crippen molar-refractivity contribution in [1.82, 2.24) is 5.32 Å². The van der Waals surface area contributed by atoms with Crippen LogP contribution in [0.3, 0.4) is 0 Å². The van der Waals surface area contributed by atoms with Crippen LogP contribution in [-0.2, 0) is 0 Å². The predicted octanol–water partition coefficient (Wildman–Crippen LogP) is 3.41. The first-order valence-corrected chi connectivity index (χ1v) is 7.48. The van der Waals surface area contributed by atoms with Crippen LogP contribution >= 0.6 is 38.9 Å². The Morgan fingerprint density at radius 2 is 2.44 bits per heavy atom. The number of thiophene rings is 1. The molecular formula is C11H16BrClN2S. The lowest BCUT2D eigenvalue weighted by molar-refractivity contribution is 0.517. The molecule has 16 heavy (non-hydrogen) atoms. The van der Waals surface area contributed by atoms with Gasteiger partial charge in [0, 0.05) is 15.9 Å². The molecule has 1 aromatic rings. The molecule has 0 bridgehead atoms. The zero-order valence-electron chi connectivity index (χ0n) is 9.17. The third-order valence-corrected chi connectivity index (χ3v) is 5.73. The highest BCUT2D eigenvalue weighted by Crippen LogP contribution is 2.38. The Hall–Kier alpha value is 0.390. The van der Waals surface area contributed by atoms with Crippen molar-refractivity contribution in [2.45, 2.75) is 19.4 Å². The lowest BCUT2D eigenvalue weighted by atomic mass is 10.2. The zero-order valence-corrected chi connectivity index (χ0v) is 12.3. The smallest absolute Gasteiger partial charge is 0.107 e. The van der Waals surface area contributed by atoms with E-state index in [9.17, 15) is 0 Å². The summed E-state index contributed by atoms with van der Waals surface area (Å²) in [5, 5.41) is 3.52. The van der Waals surface area contributed by atoms with Gasteiger partial charge in [-0.2, -0.15) is 0 Å². The molecule has 5 heteroatoms. The second-order valence-electron chi connectivity index (χ2n) is 4.44. The predicted molar refractivity (Wildman–Crippen MR) is 74.1 cm³/mol. The standard InChI is InChI=1S/C11H16BrClN2S/c1-6-2-7(6)5-15-9(4-14)10-3-8(12)11(13)16-10/h3,6-7,9,15H,2,4-5,14H2,1H3. The average molecular weight is 324 g/mol. The molecule has 3 atom stereocenters. The summed E-state index contributed by atoms with van der Waals surface area (Å²) in [5.74, 6) is 1.72. The van der Waals surface area contributed by atoms with Crippen LogP contribution in [0.4, 0.5) is 0 Å². The van der Waals surface area contributed by atoms with Gasteiger partial charge in [-0.15, -0.1) is 11.3 Å². The van der Waals surface area contributed by atoms with Gasteiger partial charge in [0.25, 0.3) is 0 Å². The summed E-state index contributed by atoms with van der Waals surface area (Å²) in [4.78, 5) is 1.22. The minimum atomic E-state index is 0.238. The first-order chi connectivity index (χ1) is 7.61. The summed E-state index contributed by atoms with van der Waals surface area (Å²) >= 11 is 11.1. The van der Waals surface area contributed by atoms with Crippen molar-refractivity contribution in [3.05, 3.63) is 19.8 Å². The number of nitrogens with one attached hydrogen (secondary N) is 1. The average Bonchev–Trinajstić information content (AvgIpc) is 2.84. The quantitative estimate of drug-likeness (QED) is 0.871. The number of hydrogen-bond donors (Lipinski definition) is 2. The fourth-order valence-corrected chi connectivity index (χ4v) is 3.64. The van der Waals surface area contributed by atoms with Crippen LogP contribution in [0.15, 0.2) is 10.5 Å². The van der Waals surface area contributed by atoms with Crippen LogP contribution in [0.25, 0.3) is 0 Å². The van der Waals surface area contributed by atoms with E-state index in [0.29, 0.717) is 6.54 Å². The summed E-state index contributed by atoms with van der Waals surface area (Å²) in [6.07, 6.45) is 1.35. The van der Waals surface area contributed by atoms with E-state index in [1.54, 1.807) is 11.3 Å². The van der Waals surface area contributed by atoms with E-state index in [0.717, 1.165) is 27.2 Å². The summed E-state index contributed by atoms with van der Waals surface area (Å²) in [6.45, 7) is 3.98. The molecule has 1 aliphatic rings. The maximum absolute atomic E-state index is 6.03. The molecule has 90 valence electrons. The molecule has 1 aliphatic carbocycles. The summed E-state index contributed by atoms with van der Waals surface area (Å²) in [6, 6.07) is 2.30. The highest BCUT2D eigenvalue weighted by atomic mass is 79.9. The van der Waals surface area contributed by atoms with Gasteiger partial charge in [0.15, 0.2) is 0 Å². The molecule has 0 spiro atoms. The van der Waals surface area contributed by atoms with Gasteiger partial charge in [-0.05, 0) is 46.8 Å². The van der Waals surface area contributed by atoms with Gasteiger partial charge in [0.1, 0.15) is 4.34 Å². The van der Waals surface area contributed by atoms with Crippen LogP contribution in [0.1, 0.15) is 24.3 Å². The van der Waals surface area contributed by atoms with Crippen LogP contribution in [0, 0.1) is 11.8 Å². The van der Waals surface area contributed by atoms with Crippen LogP contribution in [0.5, 0.6) is 0 Å². The molecule has 0 radical (unpaired) electrons. The van der Waals surface area contributed by atoms with E-state index in [1.165, 1.54) is 11.3 Å². The van der Waals surface area contributed by atoms with Gasteiger partial charge in [-0.25, -0.2) is 0 Å². The van der Waals surface area contributed by atoms with Gasteiger partial charge in [0.2, 0.25) is 0 Å². The molecule has 0 aliphatic heterocycles. The van der Waals surface area contributed by atoms with Gasteiger partial charge in [0.05, 0.1) is 6.04 Å². The van der Waals surface area contributed by atoms with E-state index in [1.807, 2.05) is 0 Å². The molecule has 2 rings (SSSR count). The van der Waals surface area contributed by atoms with Crippen molar-refractivity contribution in [3.63, 3.8) is 0 Å². The fraction of sp³-hybridized carbons (Fsp3) is 0.636. The van der Waals surface area contributed by atoms with Crippen molar-refractivity contribution in [2.75, 3.05) is 13.1 Å². The van der Waals surface area contributed by atoms with Crippen molar-refractivity contribution >= 4 is 38.9 Å². The SMILES string of the molecule is CC1CC1CNC(CN)c1cc(Br)c(Cl)s1. The fourth-order valence-electron chi connectivity index (χ4n) is 1.81. The highest BCUT2D eigenvalue weighted by molar-refractivity contribution is 9.10. The maximum atomic E-state index is 6.03. The Bertz CT molecular complexity index is 349. The third kappa shape index (κ3) is 2.99. The van der Waals surface area contributed by atoms with Crippen LogP contribution < -0.4 is 11.1 Å². The topological polar surface area (TPSA) is 38.0 Å². The van der Waals surface area contributed by atoms with Crippen molar-refractivity contribution in [3.8, 4) is 0 Å². The van der Waals surface area contributed by atoms with Gasteiger partial charge in [-0.1, -0.05) is 18.5 Å². The van der Waals surface area contributed by atoms with E-state index in [4.69, 9.17) is 17.3 Å². The molecule has 2 nitrogen and oxygen atoms in total. The van der Waals surface area contributed by atoms with E-state index in [-0.39, 0.29) is 6.04 Å². The number of nitrogens with two attached hydrogens (primary N) is 1. The Labute approximate surface area is 114 Å². The minimum absolute atomic E-state index is 0.238. The minimum Gasteiger partial charge on any atom is -0.329 e. The van der Waals surface area contributed by atoms with Gasteiger partial charge >= 0.3 is 0 Å². The second kappa shape index (κ2) is 5.36. The zero-order chi connectivity index (χ0) is 11.7. The van der Waals surface area contributed by atoms with Crippen molar-refractivity contribution in [2.24, 2.45) is 17.6 Å². The van der Waals surface area contributed by atoms with Crippen molar-refractivity contribution in [1.29, 1.82) is 0 Å². The molecule has 1 fully saturated rings. The molecule has 1 saturated carbocycles. The third-order valence-electron chi connectivity index (χ3n) is 3.15. The Kier molecular flexibility index (Phi) is 4.30. The molecule has 0 aromatic carbocycles. The number of rotatable bonds is 5. The number of hydrogen-bond acceptors (Lipinski definition) is 3. The molecule has 3 N–H and O–H groups in total. The largest absolute Gasteiger partial charge is 0.329 e. The normalized spacial score (nSPS) is 25.8. The first kappa shape index (κ1) is 12.8. The molecule has 3 unspecified atom stereocenters. The molecular weight excluding hydrogens is 308 g/mol. The van der Waals surface area contributed by atoms with E-state index < -0.39 is 0 Å². The lowest BCUT2D eigenvalue weighted by Gasteiger charge is -2.14. The first-order valence-electron chi connectivity index (χ1n) is 5.50. The van der Waals surface area contributed by atoms with E-state index >= 15 is 0 Å². The molecule has 0 saturated heterocycles. The second-order valence-corrected chi connectivity index (χ2v) is 6.98. The summed E-state index contributed by atoms with van der Waals surface area (Å²) in [7, 11) is 0.